The molecule has 0 fully saturated rings. The molecule has 0 radical (unpaired) electrons. The molecule has 1 amide bonds. The lowest BCUT2D eigenvalue weighted by molar-refractivity contribution is -0.121. The topological polar surface area (TPSA) is 49.8 Å². The Kier molecular flexibility index (Phi) is 2.87. The van der Waals surface area contributed by atoms with Crippen LogP contribution in [0, 0.1) is 0 Å². The van der Waals surface area contributed by atoms with Gasteiger partial charge in [0.2, 0.25) is 0 Å². The second kappa shape index (κ2) is 4.31. The van der Waals surface area contributed by atoms with Crippen LogP contribution in [0.5, 0.6) is 5.75 Å². The van der Waals surface area contributed by atoms with Crippen molar-refractivity contribution in [3.8, 4) is 5.75 Å². The zero-order chi connectivity index (χ0) is 10.7. The summed E-state index contributed by atoms with van der Waals surface area (Å²) in [5, 5.41) is 8.76. The number of anilines is 1. The smallest absolute Gasteiger partial charge is 0.265 e. The van der Waals surface area contributed by atoms with Gasteiger partial charge in [-0.15, -0.1) is 0 Å². The van der Waals surface area contributed by atoms with Crippen LogP contribution in [0.25, 0.3) is 0 Å². The van der Waals surface area contributed by atoms with Gasteiger partial charge in [-0.1, -0.05) is 12.1 Å². The highest BCUT2D eigenvalue weighted by Crippen LogP contribution is 2.31. The normalized spacial score (nSPS) is 14.7. The van der Waals surface area contributed by atoms with E-state index in [1.165, 1.54) is 0 Å². The maximum absolute atomic E-state index is 11.6. The van der Waals surface area contributed by atoms with Crippen LogP contribution in [0.4, 0.5) is 5.69 Å². The van der Waals surface area contributed by atoms with Crippen molar-refractivity contribution in [2.24, 2.45) is 0 Å². The van der Waals surface area contributed by atoms with E-state index in [4.69, 9.17) is 9.84 Å². The van der Waals surface area contributed by atoms with Gasteiger partial charge in [-0.3, -0.25) is 4.79 Å². The van der Waals surface area contributed by atoms with E-state index in [0.717, 1.165) is 11.4 Å². The summed E-state index contributed by atoms with van der Waals surface area (Å²) >= 11 is 0. The van der Waals surface area contributed by atoms with Gasteiger partial charge in [-0.25, -0.2) is 0 Å². The number of aliphatic hydroxyl groups is 1. The van der Waals surface area contributed by atoms with Crippen LogP contribution in [0.2, 0.25) is 0 Å². The minimum absolute atomic E-state index is 0.0536. The Hall–Kier alpha value is -1.55. The molecule has 4 nitrogen and oxygen atoms in total. The summed E-state index contributed by atoms with van der Waals surface area (Å²) < 4.78 is 5.29. The highest BCUT2D eigenvalue weighted by atomic mass is 16.5. The van der Waals surface area contributed by atoms with Crippen LogP contribution < -0.4 is 9.64 Å². The summed E-state index contributed by atoms with van der Waals surface area (Å²) in [6.07, 6.45) is 0.583. The molecule has 1 N–H and O–H groups in total. The maximum atomic E-state index is 11.6. The molecule has 0 aromatic heterocycles. The Morgan fingerprint density at radius 1 is 1.40 bits per heavy atom. The number of ether oxygens (including phenoxy) is 1. The van der Waals surface area contributed by atoms with Gasteiger partial charge in [0, 0.05) is 13.2 Å². The minimum atomic E-state index is -0.0536. The number of amides is 1. The van der Waals surface area contributed by atoms with E-state index in [2.05, 4.69) is 0 Å². The van der Waals surface area contributed by atoms with E-state index >= 15 is 0 Å². The van der Waals surface area contributed by atoms with Crippen molar-refractivity contribution in [1.29, 1.82) is 0 Å². The van der Waals surface area contributed by atoms with E-state index < -0.39 is 0 Å². The first-order valence-corrected chi connectivity index (χ1v) is 4.96. The van der Waals surface area contributed by atoms with Gasteiger partial charge < -0.3 is 14.7 Å². The van der Waals surface area contributed by atoms with Gasteiger partial charge in [0.1, 0.15) is 5.75 Å². The van der Waals surface area contributed by atoms with Crippen molar-refractivity contribution in [2.45, 2.75) is 6.42 Å². The number of carbonyl (C=O) groups is 1. The Balaban J connectivity index is 2.25. The number of benzene rings is 1. The van der Waals surface area contributed by atoms with Crippen molar-refractivity contribution in [3.63, 3.8) is 0 Å². The number of hydrogen-bond acceptors (Lipinski definition) is 3. The average molecular weight is 207 g/mol. The average Bonchev–Trinajstić information content (AvgIpc) is 2.28. The molecular weight excluding hydrogens is 194 g/mol. The number of hydrogen-bond donors (Lipinski definition) is 1. The molecule has 0 saturated heterocycles. The zero-order valence-electron chi connectivity index (χ0n) is 8.35. The quantitative estimate of drug-likeness (QED) is 0.797. The van der Waals surface area contributed by atoms with Crippen LogP contribution in [-0.2, 0) is 4.79 Å². The van der Waals surface area contributed by atoms with Gasteiger partial charge in [0.05, 0.1) is 5.69 Å². The summed E-state index contributed by atoms with van der Waals surface area (Å²) in [7, 11) is 0. The molecule has 1 aromatic rings. The fraction of sp³-hybridized carbons (Fsp3) is 0.364. The Labute approximate surface area is 88.1 Å². The molecule has 15 heavy (non-hydrogen) atoms. The molecule has 2 rings (SSSR count). The molecule has 80 valence electrons. The van der Waals surface area contributed by atoms with Crippen molar-refractivity contribution >= 4 is 11.6 Å². The second-order valence-corrected chi connectivity index (χ2v) is 3.38. The number of nitrogens with zero attached hydrogens (tertiary/aromatic N) is 1. The third-order valence-electron chi connectivity index (χ3n) is 2.35. The molecule has 1 aliphatic rings. The van der Waals surface area contributed by atoms with Gasteiger partial charge in [-0.05, 0) is 18.6 Å². The van der Waals surface area contributed by atoms with E-state index in [1.54, 1.807) is 4.90 Å². The van der Waals surface area contributed by atoms with E-state index in [1.807, 2.05) is 24.3 Å². The fourth-order valence-corrected chi connectivity index (χ4v) is 1.63. The van der Waals surface area contributed by atoms with E-state index in [-0.39, 0.29) is 19.1 Å². The number of rotatable bonds is 3. The summed E-state index contributed by atoms with van der Waals surface area (Å²) in [6.45, 7) is 0.713. The summed E-state index contributed by atoms with van der Waals surface area (Å²) in [6, 6.07) is 7.43. The number of para-hydroxylation sites is 2. The molecule has 1 aliphatic heterocycles. The fourth-order valence-electron chi connectivity index (χ4n) is 1.63. The number of carbonyl (C=O) groups excluding carboxylic acids is 1. The predicted octanol–water partition coefficient (Wildman–Crippen LogP) is 0.794. The van der Waals surface area contributed by atoms with Crippen LogP contribution in [0.3, 0.4) is 0 Å². The molecule has 0 unspecified atom stereocenters. The van der Waals surface area contributed by atoms with Gasteiger partial charge in [0.25, 0.3) is 5.91 Å². The highest BCUT2D eigenvalue weighted by Gasteiger charge is 2.24. The molecule has 0 spiro atoms. The van der Waals surface area contributed by atoms with Crippen LogP contribution >= 0.6 is 0 Å². The summed E-state index contributed by atoms with van der Waals surface area (Å²) in [5.41, 5.74) is 0.794. The summed E-state index contributed by atoms with van der Waals surface area (Å²) in [4.78, 5) is 13.2. The van der Waals surface area contributed by atoms with Gasteiger partial charge in [-0.2, -0.15) is 0 Å². The first kappa shape index (κ1) is 9.98. The largest absolute Gasteiger partial charge is 0.482 e. The van der Waals surface area contributed by atoms with Gasteiger partial charge in [0.15, 0.2) is 6.61 Å². The highest BCUT2D eigenvalue weighted by molar-refractivity contribution is 5.97. The third-order valence-corrected chi connectivity index (χ3v) is 2.35. The molecule has 1 aromatic carbocycles. The molecular formula is C11H13NO3. The minimum Gasteiger partial charge on any atom is -0.482 e. The molecule has 1 heterocycles. The zero-order valence-corrected chi connectivity index (χ0v) is 8.35. The lowest BCUT2D eigenvalue weighted by Crippen LogP contribution is -2.39. The Bertz CT molecular complexity index is 365. The lowest BCUT2D eigenvalue weighted by Gasteiger charge is -2.29. The maximum Gasteiger partial charge on any atom is 0.265 e. The van der Waals surface area contributed by atoms with Crippen LogP contribution in [0.15, 0.2) is 24.3 Å². The van der Waals surface area contributed by atoms with Crippen molar-refractivity contribution in [1.82, 2.24) is 0 Å². The Morgan fingerprint density at radius 3 is 3.00 bits per heavy atom. The molecule has 4 heteroatoms. The van der Waals surface area contributed by atoms with Crippen molar-refractivity contribution in [3.05, 3.63) is 24.3 Å². The van der Waals surface area contributed by atoms with Crippen LogP contribution in [0.1, 0.15) is 6.42 Å². The molecule has 0 saturated carbocycles. The molecule has 0 aliphatic carbocycles. The number of fused-ring (bicyclic) bond motifs is 1. The standard InChI is InChI=1S/C11H13NO3/c13-7-3-6-12-9-4-1-2-5-10(9)15-8-11(12)14/h1-2,4-5,13H,3,6-8H2. The van der Waals surface area contributed by atoms with Gasteiger partial charge >= 0.3 is 0 Å². The SMILES string of the molecule is O=C1COc2ccccc2N1CCCO. The number of aliphatic hydroxyl groups excluding tert-OH is 1. The molecule has 0 atom stereocenters. The predicted molar refractivity (Wildman–Crippen MR) is 56.0 cm³/mol. The monoisotopic (exact) mass is 207 g/mol. The lowest BCUT2D eigenvalue weighted by atomic mass is 10.2. The van der Waals surface area contributed by atoms with E-state index in [9.17, 15) is 4.79 Å². The van der Waals surface area contributed by atoms with Crippen molar-refractivity contribution < 1.29 is 14.6 Å². The molecule has 0 bridgehead atoms. The first-order valence-electron chi connectivity index (χ1n) is 4.96. The summed E-state index contributed by atoms with van der Waals surface area (Å²) in [5.74, 6) is 0.678. The second-order valence-electron chi connectivity index (χ2n) is 3.38. The van der Waals surface area contributed by atoms with E-state index in [0.29, 0.717) is 13.0 Å². The first-order chi connectivity index (χ1) is 7.33. The third kappa shape index (κ3) is 1.94. The Morgan fingerprint density at radius 2 is 2.20 bits per heavy atom. The van der Waals surface area contributed by atoms with Crippen LogP contribution in [-0.4, -0.2) is 30.8 Å². The van der Waals surface area contributed by atoms with Crippen molar-refractivity contribution in [2.75, 3.05) is 24.7 Å².